The van der Waals surface area contributed by atoms with E-state index in [4.69, 9.17) is 16.7 Å². The molecule has 3 heterocycles. The Balaban J connectivity index is 1.29. The second-order valence-electron chi connectivity index (χ2n) is 8.43. The first-order valence-corrected chi connectivity index (χ1v) is 11.7. The van der Waals surface area contributed by atoms with Crippen LogP contribution in [-0.2, 0) is 11.2 Å². The molecular weight excluding hydrogens is 434 g/mol. The number of hydrogen-bond donors (Lipinski definition) is 1. The van der Waals surface area contributed by atoms with E-state index < -0.39 is 0 Å². The van der Waals surface area contributed by atoms with E-state index in [-0.39, 0.29) is 11.8 Å². The standard InChI is InChI=1S/C26H26ClN5O/c27-22-10-4-8-20(16-22)23-17-24-25(28-13-15-32(24)30-23)31-14-5-9-21(18-31)26(33)29-12-11-19-6-2-1-3-7-19/h1-4,6-8,10,13,15-17,21H,5,9,11-12,14,18H2,(H,29,33)/t21-/m0/s1. The van der Waals surface area contributed by atoms with Crippen molar-refractivity contribution in [2.75, 3.05) is 24.5 Å². The van der Waals surface area contributed by atoms with Crippen LogP contribution in [-0.4, -0.2) is 40.1 Å². The first kappa shape index (κ1) is 21.5. The van der Waals surface area contributed by atoms with E-state index in [9.17, 15) is 4.79 Å². The zero-order chi connectivity index (χ0) is 22.6. The second-order valence-corrected chi connectivity index (χ2v) is 8.87. The van der Waals surface area contributed by atoms with Gasteiger partial charge in [-0.1, -0.05) is 54.1 Å². The molecule has 4 aromatic rings. The molecule has 0 bridgehead atoms. The van der Waals surface area contributed by atoms with Crippen LogP contribution in [0.4, 0.5) is 5.82 Å². The maximum absolute atomic E-state index is 12.9. The lowest BCUT2D eigenvalue weighted by molar-refractivity contribution is -0.125. The van der Waals surface area contributed by atoms with E-state index in [1.54, 1.807) is 6.20 Å². The molecule has 1 saturated heterocycles. The molecule has 6 nitrogen and oxygen atoms in total. The SMILES string of the molecule is O=C(NCCc1ccccc1)[C@H]1CCCN(c2nccn3nc(-c4cccc(Cl)c4)cc23)C1. The summed E-state index contributed by atoms with van der Waals surface area (Å²) < 4.78 is 1.85. The second kappa shape index (κ2) is 9.63. The van der Waals surface area contributed by atoms with Crippen LogP contribution >= 0.6 is 11.6 Å². The number of carbonyl (C=O) groups is 1. The molecule has 2 aromatic carbocycles. The average Bonchev–Trinajstić information content (AvgIpc) is 3.29. The molecule has 0 radical (unpaired) electrons. The third-order valence-electron chi connectivity index (χ3n) is 6.14. The predicted octanol–water partition coefficient (Wildman–Crippen LogP) is 4.63. The summed E-state index contributed by atoms with van der Waals surface area (Å²) in [6, 6.07) is 20.0. The number of nitrogens with one attached hydrogen (secondary N) is 1. The summed E-state index contributed by atoms with van der Waals surface area (Å²) in [6.07, 6.45) is 6.30. The summed E-state index contributed by atoms with van der Waals surface area (Å²) in [5.41, 5.74) is 3.97. The Morgan fingerprint density at radius 1 is 1.12 bits per heavy atom. The molecule has 1 N–H and O–H groups in total. The zero-order valence-corrected chi connectivity index (χ0v) is 19.1. The largest absolute Gasteiger partial charge is 0.355 e. The van der Waals surface area contributed by atoms with Crippen molar-refractivity contribution in [1.82, 2.24) is 19.9 Å². The van der Waals surface area contributed by atoms with Crippen LogP contribution in [0.15, 0.2) is 73.1 Å². The van der Waals surface area contributed by atoms with Crippen LogP contribution in [0.5, 0.6) is 0 Å². The molecule has 168 valence electrons. The maximum atomic E-state index is 12.9. The fourth-order valence-electron chi connectivity index (χ4n) is 4.44. The van der Waals surface area contributed by atoms with Crippen LogP contribution in [0, 0.1) is 5.92 Å². The van der Waals surface area contributed by atoms with Crippen molar-refractivity contribution in [3.63, 3.8) is 0 Å². The number of nitrogens with zero attached hydrogens (tertiary/aromatic N) is 4. The van der Waals surface area contributed by atoms with Crippen molar-refractivity contribution in [2.24, 2.45) is 5.92 Å². The lowest BCUT2D eigenvalue weighted by Crippen LogP contribution is -2.44. The maximum Gasteiger partial charge on any atom is 0.224 e. The highest BCUT2D eigenvalue weighted by atomic mass is 35.5. The summed E-state index contributed by atoms with van der Waals surface area (Å²) in [5.74, 6) is 0.933. The molecule has 1 amide bonds. The van der Waals surface area contributed by atoms with Crippen molar-refractivity contribution in [3.8, 4) is 11.3 Å². The zero-order valence-electron chi connectivity index (χ0n) is 18.3. The number of aromatic nitrogens is 3. The number of hydrogen-bond acceptors (Lipinski definition) is 4. The van der Waals surface area contributed by atoms with Gasteiger partial charge in [0.1, 0.15) is 5.52 Å². The molecule has 33 heavy (non-hydrogen) atoms. The van der Waals surface area contributed by atoms with Gasteiger partial charge in [0.05, 0.1) is 11.6 Å². The third kappa shape index (κ3) is 4.86. The minimum atomic E-state index is -0.0492. The van der Waals surface area contributed by atoms with Gasteiger partial charge in [0.2, 0.25) is 5.91 Å². The number of piperidine rings is 1. The molecule has 1 fully saturated rings. The van der Waals surface area contributed by atoms with Crippen LogP contribution in [0.1, 0.15) is 18.4 Å². The Labute approximate surface area is 198 Å². The Morgan fingerprint density at radius 3 is 2.85 bits per heavy atom. The molecule has 1 aliphatic rings. The molecule has 0 saturated carbocycles. The molecule has 2 aromatic heterocycles. The van der Waals surface area contributed by atoms with E-state index in [0.717, 1.165) is 48.4 Å². The number of amides is 1. The predicted molar refractivity (Wildman–Crippen MR) is 132 cm³/mol. The molecule has 1 aliphatic heterocycles. The van der Waals surface area contributed by atoms with E-state index in [1.165, 1.54) is 5.56 Å². The molecule has 5 rings (SSSR count). The number of halogens is 1. The summed E-state index contributed by atoms with van der Waals surface area (Å²) in [5, 5.41) is 8.52. The normalized spacial score (nSPS) is 16.2. The molecule has 1 atom stereocenters. The monoisotopic (exact) mass is 459 g/mol. The summed E-state index contributed by atoms with van der Waals surface area (Å²) >= 11 is 6.17. The van der Waals surface area contributed by atoms with Crippen molar-refractivity contribution in [2.45, 2.75) is 19.3 Å². The van der Waals surface area contributed by atoms with Crippen LogP contribution in [0.25, 0.3) is 16.8 Å². The summed E-state index contributed by atoms with van der Waals surface area (Å²) in [7, 11) is 0. The van der Waals surface area contributed by atoms with Crippen molar-refractivity contribution in [1.29, 1.82) is 0 Å². The number of anilines is 1. The summed E-state index contributed by atoms with van der Waals surface area (Å²) in [4.78, 5) is 19.7. The van der Waals surface area contributed by atoms with Gasteiger partial charge in [0.15, 0.2) is 5.82 Å². The van der Waals surface area contributed by atoms with E-state index in [1.807, 2.05) is 59.2 Å². The Hall–Kier alpha value is -3.38. The van der Waals surface area contributed by atoms with Crippen LogP contribution in [0.2, 0.25) is 5.02 Å². The summed E-state index contributed by atoms with van der Waals surface area (Å²) in [6.45, 7) is 2.18. The van der Waals surface area contributed by atoms with Crippen molar-refractivity contribution < 1.29 is 4.79 Å². The first-order chi connectivity index (χ1) is 16.2. The fraction of sp³-hybridized carbons (Fsp3) is 0.269. The quantitative estimate of drug-likeness (QED) is 0.457. The number of fused-ring (bicyclic) bond motifs is 1. The van der Waals surface area contributed by atoms with Crippen LogP contribution < -0.4 is 10.2 Å². The molecule has 0 aliphatic carbocycles. The third-order valence-corrected chi connectivity index (χ3v) is 6.37. The smallest absolute Gasteiger partial charge is 0.224 e. The number of carbonyl (C=O) groups excluding carboxylic acids is 1. The van der Waals surface area contributed by atoms with Gasteiger partial charge in [0, 0.05) is 42.6 Å². The fourth-order valence-corrected chi connectivity index (χ4v) is 4.63. The first-order valence-electron chi connectivity index (χ1n) is 11.3. The van der Waals surface area contributed by atoms with Crippen LogP contribution in [0.3, 0.4) is 0 Å². The molecule has 7 heteroatoms. The average molecular weight is 460 g/mol. The topological polar surface area (TPSA) is 62.5 Å². The Bertz CT molecular complexity index is 1260. The van der Waals surface area contributed by atoms with E-state index in [2.05, 4.69) is 27.3 Å². The Kier molecular flexibility index (Phi) is 6.26. The highest BCUT2D eigenvalue weighted by Crippen LogP contribution is 2.29. The minimum Gasteiger partial charge on any atom is -0.355 e. The van der Waals surface area contributed by atoms with Gasteiger partial charge in [-0.3, -0.25) is 4.79 Å². The highest BCUT2D eigenvalue weighted by Gasteiger charge is 2.27. The number of benzene rings is 2. The van der Waals surface area contributed by atoms with Crippen molar-refractivity contribution >= 4 is 28.8 Å². The molecule has 0 unspecified atom stereocenters. The van der Waals surface area contributed by atoms with Gasteiger partial charge >= 0.3 is 0 Å². The van der Waals surface area contributed by atoms with Gasteiger partial charge in [-0.15, -0.1) is 0 Å². The molecule has 0 spiro atoms. The minimum absolute atomic E-state index is 0.0492. The van der Waals surface area contributed by atoms with Gasteiger partial charge in [-0.2, -0.15) is 5.10 Å². The highest BCUT2D eigenvalue weighted by molar-refractivity contribution is 6.30. The van der Waals surface area contributed by atoms with Gasteiger partial charge < -0.3 is 10.2 Å². The molecular formula is C26H26ClN5O. The van der Waals surface area contributed by atoms with E-state index in [0.29, 0.717) is 18.1 Å². The Morgan fingerprint density at radius 2 is 2.00 bits per heavy atom. The number of rotatable bonds is 6. The van der Waals surface area contributed by atoms with Crippen molar-refractivity contribution in [3.05, 3.63) is 83.6 Å². The lowest BCUT2D eigenvalue weighted by Gasteiger charge is -2.33. The van der Waals surface area contributed by atoms with E-state index >= 15 is 0 Å². The van der Waals surface area contributed by atoms with Gasteiger partial charge in [0.25, 0.3) is 0 Å². The lowest BCUT2D eigenvalue weighted by atomic mass is 9.97. The van der Waals surface area contributed by atoms with Gasteiger partial charge in [-0.05, 0) is 43.0 Å². The van der Waals surface area contributed by atoms with Gasteiger partial charge in [-0.25, -0.2) is 9.50 Å².